The van der Waals surface area contributed by atoms with Gasteiger partial charge in [-0.3, -0.25) is 9.59 Å². The quantitative estimate of drug-likeness (QED) is 0.440. The summed E-state index contributed by atoms with van der Waals surface area (Å²) in [5.74, 6) is -0.0962. The first-order valence-electron chi connectivity index (χ1n) is 14.8. The molecule has 3 saturated carbocycles. The summed E-state index contributed by atoms with van der Waals surface area (Å²) >= 11 is 0. The summed E-state index contributed by atoms with van der Waals surface area (Å²) in [4.78, 5) is 38.2. The van der Waals surface area contributed by atoms with Crippen molar-refractivity contribution in [3.8, 4) is 0 Å². The van der Waals surface area contributed by atoms with E-state index in [9.17, 15) is 22.8 Å². The maximum Gasteiger partial charge on any atom is 0.421 e. The van der Waals surface area contributed by atoms with Crippen LogP contribution in [-0.2, 0) is 11.0 Å². The second kappa shape index (κ2) is 10.4. The number of benzene rings is 1. The SMILES string of the molecule is CC(C)NC(=O)C12CC1[C@]21CCCC[C@H]1Nc1nc(Nc2ccc(C(=O)N3CCN(C)CC3)cc2)ncc1C(F)(F)F. The Hall–Kier alpha value is -3.41. The van der Waals surface area contributed by atoms with Crippen LogP contribution in [0.3, 0.4) is 0 Å². The Balaban J connectivity index is 1.20. The molecule has 9 nitrogen and oxygen atoms in total. The zero-order chi connectivity index (χ0) is 29.9. The van der Waals surface area contributed by atoms with Gasteiger partial charge < -0.3 is 25.8 Å². The van der Waals surface area contributed by atoms with Crippen LogP contribution in [-0.4, -0.2) is 76.9 Å². The number of piperazine rings is 1. The lowest BCUT2D eigenvalue weighted by Gasteiger charge is -2.40. The summed E-state index contributed by atoms with van der Waals surface area (Å²) in [6.07, 6.45) is 0.282. The molecule has 4 atom stereocenters. The number of carbonyl (C=O) groups is 2. The van der Waals surface area contributed by atoms with Crippen molar-refractivity contribution in [2.75, 3.05) is 43.9 Å². The Morgan fingerprint density at radius 2 is 1.79 bits per heavy atom. The fourth-order valence-corrected chi connectivity index (χ4v) is 7.37. The molecule has 0 bridgehead atoms. The lowest BCUT2D eigenvalue weighted by molar-refractivity contribution is -0.137. The Morgan fingerprint density at radius 3 is 2.43 bits per heavy atom. The lowest BCUT2D eigenvalue weighted by atomic mass is 9.71. The Kier molecular flexibility index (Phi) is 7.10. The number of aromatic nitrogens is 2. The van der Waals surface area contributed by atoms with Crippen molar-refractivity contribution >= 4 is 29.3 Å². The van der Waals surface area contributed by atoms with Crippen LogP contribution in [0.2, 0.25) is 0 Å². The Labute approximate surface area is 243 Å². The van der Waals surface area contributed by atoms with Crippen LogP contribution in [0.5, 0.6) is 0 Å². The first kappa shape index (κ1) is 28.7. The van der Waals surface area contributed by atoms with Crippen LogP contribution in [0, 0.1) is 16.7 Å². The molecule has 2 aromatic rings. The summed E-state index contributed by atoms with van der Waals surface area (Å²) in [6.45, 7) is 6.81. The Morgan fingerprint density at radius 1 is 1.07 bits per heavy atom. The van der Waals surface area contributed by atoms with Gasteiger partial charge in [0.05, 0.1) is 5.41 Å². The molecule has 12 heteroatoms. The smallest absolute Gasteiger partial charge is 0.366 e. The highest BCUT2D eigenvalue weighted by Gasteiger charge is 2.93. The number of rotatable bonds is 7. The van der Waals surface area contributed by atoms with Crippen LogP contribution < -0.4 is 16.0 Å². The molecule has 1 aromatic heterocycles. The molecule has 3 N–H and O–H groups in total. The van der Waals surface area contributed by atoms with E-state index in [-0.39, 0.29) is 47.0 Å². The minimum atomic E-state index is -4.65. The van der Waals surface area contributed by atoms with Crippen molar-refractivity contribution < 1.29 is 22.8 Å². The van der Waals surface area contributed by atoms with E-state index in [4.69, 9.17) is 0 Å². The normalized spacial score (nSPS) is 28.8. The van der Waals surface area contributed by atoms with Gasteiger partial charge in [0, 0.05) is 61.1 Å². The highest BCUT2D eigenvalue weighted by atomic mass is 19.4. The minimum Gasteiger partial charge on any atom is -0.366 e. The van der Waals surface area contributed by atoms with E-state index in [0.717, 1.165) is 45.0 Å². The number of nitrogens with zero attached hydrogens (tertiary/aromatic N) is 4. The molecular weight excluding hydrogens is 547 g/mol. The number of alkyl halides is 3. The molecule has 1 spiro atoms. The van der Waals surface area contributed by atoms with Crippen molar-refractivity contribution in [2.45, 2.75) is 64.2 Å². The number of hydrogen-bond acceptors (Lipinski definition) is 7. The summed E-state index contributed by atoms with van der Waals surface area (Å²) < 4.78 is 42.2. The van der Waals surface area contributed by atoms with Gasteiger partial charge in [-0.05, 0) is 70.3 Å². The van der Waals surface area contributed by atoms with Crippen molar-refractivity contribution in [3.05, 3.63) is 41.6 Å². The van der Waals surface area contributed by atoms with Gasteiger partial charge in [0.1, 0.15) is 11.4 Å². The van der Waals surface area contributed by atoms with Gasteiger partial charge >= 0.3 is 6.18 Å². The van der Waals surface area contributed by atoms with Crippen LogP contribution >= 0.6 is 0 Å². The maximum atomic E-state index is 14.1. The van der Waals surface area contributed by atoms with Crippen molar-refractivity contribution in [3.63, 3.8) is 0 Å². The second-order valence-electron chi connectivity index (χ2n) is 12.6. The maximum absolute atomic E-state index is 14.1. The summed E-state index contributed by atoms with van der Waals surface area (Å²) in [7, 11) is 2.02. The molecule has 0 radical (unpaired) electrons. The molecule has 6 rings (SSSR count). The largest absolute Gasteiger partial charge is 0.421 e. The molecule has 226 valence electrons. The van der Waals surface area contributed by atoms with E-state index in [1.165, 1.54) is 0 Å². The molecule has 3 aliphatic carbocycles. The number of hydrogen-bond donors (Lipinski definition) is 3. The van der Waals surface area contributed by atoms with E-state index in [2.05, 4.69) is 30.8 Å². The molecule has 2 heterocycles. The third-order valence-electron chi connectivity index (χ3n) is 9.69. The van der Waals surface area contributed by atoms with Gasteiger partial charge in [-0.2, -0.15) is 18.2 Å². The first-order valence-corrected chi connectivity index (χ1v) is 14.8. The number of halogens is 3. The van der Waals surface area contributed by atoms with Crippen molar-refractivity contribution in [1.82, 2.24) is 25.1 Å². The highest BCUT2D eigenvalue weighted by Crippen LogP contribution is 2.91. The molecule has 4 fully saturated rings. The number of anilines is 3. The topological polar surface area (TPSA) is 102 Å². The molecule has 2 amide bonds. The standard InChI is InChI=1S/C30H38F3N7O2/c1-18(2)35-26(42)29-16-22(29)28(29)11-5-4-6-23(28)37-24-21(30(31,32)33)17-34-27(38-24)36-20-9-7-19(8-10-20)25(41)40-14-12-39(3)13-15-40/h7-10,17-18,22-23H,4-6,11-16H2,1-3H3,(H,35,42)(H2,34,36,37,38)/t22?,23-,28+,29?/m1/s1. The highest BCUT2D eigenvalue weighted by molar-refractivity contribution is 5.95. The second-order valence-corrected chi connectivity index (χ2v) is 12.6. The van der Waals surface area contributed by atoms with E-state index in [1.807, 2.05) is 25.8 Å². The predicted molar refractivity (Wildman–Crippen MR) is 152 cm³/mol. The van der Waals surface area contributed by atoms with Crippen LogP contribution in [0.4, 0.5) is 30.6 Å². The number of fused-ring (bicyclic) bond motifs is 3. The zero-order valence-electron chi connectivity index (χ0n) is 24.2. The number of nitrogens with one attached hydrogen (secondary N) is 3. The molecule has 42 heavy (non-hydrogen) atoms. The van der Waals surface area contributed by atoms with Gasteiger partial charge in [-0.15, -0.1) is 0 Å². The third-order valence-corrected chi connectivity index (χ3v) is 9.69. The number of amides is 2. The summed E-state index contributed by atoms with van der Waals surface area (Å²) in [6, 6.07) is 6.50. The molecular formula is C30H38F3N7O2. The molecule has 1 saturated heterocycles. The van der Waals surface area contributed by atoms with Crippen molar-refractivity contribution in [2.24, 2.45) is 16.7 Å². The fraction of sp³-hybridized carbons (Fsp3) is 0.600. The van der Waals surface area contributed by atoms with E-state index < -0.39 is 17.2 Å². The molecule has 2 unspecified atom stereocenters. The van der Waals surface area contributed by atoms with Gasteiger partial charge in [-0.1, -0.05) is 12.8 Å². The van der Waals surface area contributed by atoms with E-state index in [0.29, 0.717) is 30.8 Å². The van der Waals surface area contributed by atoms with Crippen LogP contribution in [0.15, 0.2) is 30.5 Å². The Bertz CT molecular complexity index is 1360. The molecule has 1 aromatic carbocycles. The summed E-state index contributed by atoms with van der Waals surface area (Å²) in [5, 5.41) is 9.17. The molecule has 1 aliphatic heterocycles. The van der Waals surface area contributed by atoms with Gasteiger partial charge in [0.25, 0.3) is 5.91 Å². The minimum absolute atomic E-state index is 0.00655. The fourth-order valence-electron chi connectivity index (χ4n) is 7.37. The van der Waals surface area contributed by atoms with Gasteiger partial charge in [0.2, 0.25) is 11.9 Å². The van der Waals surface area contributed by atoms with Gasteiger partial charge in [0.15, 0.2) is 0 Å². The van der Waals surface area contributed by atoms with Crippen LogP contribution in [0.1, 0.15) is 61.9 Å². The number of likely N-dealkylation sites (N-methyl/N-ethyl adjacent to an activating group) is 1. The van der Waals surface area contributed by atoms with Gasteiger partial charge in [-0.25, -0.2) is 4.98 Å². The first-order chi connectivity index (χ1) is 20.0. The molecule has 4 aliphatic rings. The third kappa shape index (κ3) is 4.87. The van der Waals surface area contributed by atoms with E-state index >= 15 is 0 Å². The number of carbonyl (C=O) groups excluding carboxylic acids is 2. The average Bonchev–Trinajstić information content (AvgIpc) is 3.83. The zero-order valence-corrected chi connectivity index (χ0v) is 24.2. The lowest BCUT2D eigenvalue weighted by Crippen LogP contribution is -2.47. The average molecular weight is 586 g/mol. The predicted octanol–water partition coefficient (Wildman–Crippen LogP) is 4.51. The van der Waals surface area contributed by atoms with Crippen LogP contribution in [0.25, 0.3) is 0 Å². The summed E-state index contributed by atoms with van der Waals surface area (Å²) in [5.41, 5.74) is -0.653. The monoisotopic (exact) mass is 585 g/mol. The van der Waals surface area contributed by atoms with Crippen molar-refractivity contribution in [1.29, 1.82) is 0 Å². The van der Waals surface area contributed by atoms with E-state index in [1.54, 1.807) is 24.3 Å².